The van der Waals surface area contributed by atoms with Crippen molar-refractivity contribution in [3.8, 4) is 0 Å². The van der Waals surface area contributed by atoms with Gasteiger partial charge in [-0.2, -0.15) is 0 Å². The number of nitrogen functional groups attached to an aromatic ring is 1. The minimum absolute atomic E-state index is 0.744. The van der Waals surface area contributed by atoms with E-state index in [1.165, 1.54) is 0 Å². The fourth-order valence-electron chi connectivity index (χ4n) is 0.608. The first kappa shape index (κ1) is 6.29. The SMILES string of the molecule is Nc1cccc(NS)c1. The number of benzene rings is 1. The monoisotopic (exact) mass is 140 g/mol. The number of hydrogen-bond donors (Lipinski definition) is 3. The molecule has 0 aliphatic carbocycles. The van der Waals surface area contributed by atoms with Gasteiger partial charge in [-0.15, -0.1) is 0 Å². The molecule has 0 saturated carbocycles. The minimum Gasteiger partial charge on any atom is -0.399 e. The molecule has 9 heavy (non-hydrogen) atoms. The summed E-state index contributed by atoms with van der Waals surface area (Å²) in [5.74, 6) is 0. The lowest BCUT2D eigenvalue weighted by molar-refractivity contribution is 1.67. The van der Waals surface area contributed by atoms with Crippen molar-refractivity contribution in [3.63, 3.8) is 0 Å². The third-order valence-corrected chi connectivity index (χ3v) is 1.27. The average molecular weight is 140 g/mol. The fraction of sp³-hybridized carbons (Fsp3) is 0. The van der Waals surface area contributed by atoms with Gasteiger partial charge in [0.2, 0.25) is 0 Å². The lowest BCUT2D eigenvalue weighted by Crippen LogP contribution is -1.85. The predicted molar refractivity (Wildman–Crippen MR) is 43.5 cm³/mol. The summed E-state index contributed by atoms with van der Waals surface area (Å²) in [7, 11) is 0. The van der Waals surface area contributed by atoms with E-state index in [0.29, 0.717) is 0 Å². The largest absolute Gasteiger partial charge is 0.399 e. The van der Waals surface area contributed by atoms with E-state index in [-0.39, 0.29) is 0 Å². The van der Waals surface area contributed by atoms with Gasteiger partial charge in [-0.1, -0.05) is 18.9 Å². The van der Waals surface area contributed by atoms with Crippen LogP contribution in [0.15, 0.2) is 24.3 Å². The van der Waals surface area contributed by atoms with Crippen LogP contribution in [0.3, 0.4) is 0 Å². The highest BCUT2D eigenvalue weighted by molar-refractivity contribution is 7.81. The highest BCUT2D eigenvalue weighted by atomic mass is 32.1. The third-order valence-electron chi connectivity index (χ3n) is 1.02. The quantitative estimate of drug-likeness (QED) is 0.409. The average Bonchev–Trinajstić information content (AvgIpc) is 1.88. The Kier molecular flexibility index (Phi) is 1.85. The maximum absolute atomic E-state index is 5.46. The Morgan fingerprint density at radius 2 is 2.22 bits per heavy atom. The molecule has 0 unspecified atom stereocenters. The zero-order valence-electron chi connectivity index (χ0n) is 4.83. The van der Waals surface area contributed by atoms with E-state index < -0.39 is 0 Å². The van der Waals surface area contributed by atoms with Gasteiger partial charge < -0.3 is 10.5 Å². The Morgan fingerprint density at radius 3 is 2.67 bits per heavy atom. The zero-order chi connectivity index (χ0) is 6.69. The second-order valence-electron chi connectivity index (χ2n) is 1.74. The zero-order valence-corrected chi connectivity index (χ0v) is 5.73. The molecule has 0 heterocycles. The molecule has 0 radical (unpaired) electrons. The van der Waals surface area contributed by atoms with Crippen LogP contribution in [-0.2, 0) is 0 Å². The molecule has 0 spiro atoms. The van der Waals surface area contributed by atoms with Gasteiger partial charge in [0.1, 0.15) is 0 Å². The Balaban J connectivity index is 2.94. The summed E-state index contributed by atoms with van der Waals surface area (Å²) in [6, 6.07) is 7.40. The van der Waals surface area contributed by atoms with Crippen molar-refractivity contribution < 1.29 is 0 Å². The molecule has 1 aromatic carbocycles. The maximum atomic E-state index is 5.46. The Bertz CT molecular complexity index is 200. The summed E-state index contributed by atoms with van der Waals surface area (Å²) in [4.78, 5) is 0. The summed E-state index contributed by atoms with van der Waals surface area (Å²) >= 11 is 3.85. The highest BCUT2D eigenvalue weighted by Crippen LogP contribution is 2.11. The Morgan fingerprint density at radius 1 is 1.44 bits per heavy atom. The number of anilines is 2. The van der Waals surface area contributed by atoms with E-state index in [1.54, 1.807) is 0 Å². The molecule has 1 aromatic rings. The highest BCUT2D eigenvalue weighted by Gasteiger charge is 1.85. The number of hydrogen-bond acceptors (Lipinski definition) is 3. The van der Waals surface area contributed by atoms with Crippen LogP contribution < -0.4 is 10.5 Å². The molecular weight excluding hydrogens is 132 g/mol. The third kappa shape index (κ3) is 1.54. The van der Waals surface area contributed by atoms with Crippen LogP contribution in [0.1, 0.15) is 0 Å². The molecule has 0 atom stereocenters. The first-order chi connectivity index (χ1) is 4.33. The van der Waals surface area contributed by atoms with Gasteiger partial charge in [-0.3, -0.25) is 0 Å². The number of thiol groups is 1. The molecule has 0 bridgehead atoms. The van der Waals surface area contributed by atoms with E-state index in [4.69, 9.17) is 5.73 Å². The standard InChI is InChI=1S/C6H8N2S/c7-5-2-1-3-6(4-5)8-9/h1-4,8-9H,7H2. The van der Waals surface area contributed by atoms with Crippen LogP contribution >= 0.6 is 12.8 Å². The van der Waals surface area contributed by atoms with Crippen molar-refractivity contribution in [1.82, 2.24) is 0 Å². The molecule has 0 aromatic heterocycles. The van der Waals surface area contributed by atoms with Gasteiger partial charge in [0, 0.05) is 11.4 Å². The van der Waals surface area contributed by atoms with Crippen molar-refractivity contribution in [1.29, 1.82) is 0 Å². The fourth-order valence-corrected chi connectivity index (χ4v) is 0.747. The number of nitrogens with one attached hydrogen (secondary N) is 1. The van der Waals surface area contributed by atoms with Crippen molar-refractivity contribution in [2.75, 3.05) is 10.5 Å². The molecule has 1 rings (SSSR count). The lowest BCUT2D eigenvalue weighted by Gasteiger charge is -1.97. The first-order valence-electron chi connectivity index (χ1n) is 2.58. The van der Waals surface area contributed by atoms with Crippen molar-refractivity contribution >= 4 is 24.2 Å². The minimum atomic E-state index is 0.744. The van der Waals surface area contributed by atoms with Crippen LogP contribution in [0.5, 0.6) is 0 Å². The second-order valence-corrected chi connectivity index (χ2v) is 1.96. The van der Waals surface area contributed by atoms with Crippen LogP contribution in [0, 0.1) is 0 Å². The summed E-state index contributed by atoms with van der Waals surface area (Å²) in [6.07, 6.45) is 0. The van der Waals surface area contributed by atoms with E-state index in [2.05, 4.69) is 17.5 Å². The number of rotatable bonds is 1. The summed E-state index contributed by atoms with van der Waals surface area (Å²) < 4.78 is 2.68. The van der Waals surface area contributed by atoms with E-state index in [1.807, 2.05) is 24.3 Å². The van der Waals surface area contributed by atoms with E-state index in [0.717, 1.165) is 11.4 Å². The summed E-state index contributed by atoms with van der Waals surface area (Å²) in [6.45, 7) is 0. The maximum Gasteiger partial charge on any atom is 0.0458 e. The van der Waals surface area contributed by atoms with Crippen molar-refractivity contribution in [2.45, 2.75) is 0 Å². The summed E-state index contributed by atoms with van der Waals surface area (Å²) in [5, 5.41) is 0. The van der Waals surface area contributed by atoms with Gasteiger partial charge >= 0.3 is 0 Å². The second kappa shape index (κ2) is 2.64. The smallest absolute Gasteiger partial charge is 0.0458 e. The van der Waals surface area contributed by atoms with Gasteiger partial charge in [0.15, 0.2) is 0 Å². The molecule has 0 saturated heterocycles. The Labute approximate surface area is 59.6 Å². The molecule has 3 heteroatoms. The molecule has 3 N–H and O–H groups in total. The van der Waals surface area contributed by atoms with Crippen molar-refractivity contribution in [2.24, 2.45) is 0 Å². The van der Waals surface area contributed by atoms with Crippen LogP contribution in [0.2, 0.25) is 0 Å². The van der Waals surface area contributed by atoms with Crippen molar-refractivity contribution in [3.05, 3.63) is 24.3 Å². The first-order valence-corrected chi connectivity index (χ1v) is 3.03. The molecule has 0 aliphatic heterocycles. The van der Waals surface area contributed by atoms with Gasteiger partial charge in [0.25, 0.3) is 0 Å². The van der Waals surface area contributed by atoms with Crippen LogP contribution in [0.25, 0.3) is 0 Å². The van der Waals surface area contributed by atoms with E-state index in [9.17, 15) is 0 Å². The topological polar surface area (TPSA) is 38.0 Å². The summed E-state index contributed by atoms with van der Waals surface area (Å²) in [5.41, 5.74) is 7.12. The van der Waals surface area contributed by atoms with Gasteiger partial charge in [-0.05, 0) is 18.2 Å². The molecule has 2 nitrogen and oxygen atoms in total. The number of nitrogens with two attached hydrogens (primary N) is 1. The van der Waals surface area contributed by atoms with E-state index >= 15 is 0 Å². The molecular formula is C6H8N2S. The normalized spacial score (nSPS) is 9.00. The Hall–Kier alpha value is -0.830. The van der Waals surface area contributed by atoms with Gasteiger partial charge in [0.05, 0.1) is 0 Å². The molecule has 0 amide bonds. The molecule has 0 fully saturated rings. The van der Waals surface area contributed by atoms with Crippen LogP contribution in [-0.4, -0.2) is 0 Å². The van der Waals surface area contributed by atoms with Gasteiger partial charge in [-0.25, -0.2) is 0 Å². The molecule has 0 aliphatic rings. The lowest BCUT2D eigenvalue weighted by atomic mass is 10.3. The molecule has 48 valence electrons. The van der Waals surface area contributed by atoms with Crippen LogP contribution in [0.4, 0.5) is 11.4 Å². The predicted octanol–water partition coefficient (Wildman–Crippen LogP) is 1.53.